The molecule has 2 N–H and O–H groups in total. The minimum atomic E-state index is -0.0626. The average molecular weight is 282 g/mol. The summed E-state index contributed by atoms with van der Waals surface area (Å²) in [6.45, 7) is 6.77. The van der Waals surface area contributed by atoms with Gasteiger partial charge in [-0.2, -0.15) is 0 Å². The van der Waals surface area contributed by atoms with Gasteiger partial charge in [0.2, 0.25) is 0 Å². The molecule has 0 bridgehead atoms. The van der Waals surface area contributed by atoms with Gasteiger partial charge < -0.3 is 10.5 Å². The molecule has 116 valence electrons. The molecular formula is C16H30N2O2. The van der Waals surface area contributed by atoms with Crippen LogP contribution in [0.2, 0.25) is 0 Å². The number of nitrogens with two attached hydrogens (primary N) is 1. The number of hydrogen-bond acceptors (Lipinski definition) is 4. The monoisotopic (exact) mass is 282 g/mol. The quantitative estimate of drug-likeness (QED) is 0.727. The molecule has 1 heterocycles. The van der Waals surface area contributed by atoms with Crippen molar-refractivity contribution in [3.63, 3.8) is 0 Å². The zero-order valence-corrected chi connectivity index (χ0v) is 13.0. The first kappa shape index (κ1) is 15.8. The molecular weight excluding hydrogens is 252 g/mol. The van der Waals surface area contributed by atoms with Crippen molar-refractivity contribution < 1.29 is 9.53 Å². The Morgan fingerprint density at radius 3 is 2.70 bits per heavy atom. The Balaban J connectivity index is 1.82. The number of carbonyl (C=O) groups excluding carboxylic acids is 1. The topological polar surface area (TPSA) is 55.6 Å². The molecule has 1 saturated heterocycles. The standard InChI is InChI=1S/C16H30N2O2/c1-3-15(13-6-7-13)18-10-12(9-14(17)11-18)5-8-16(19)20-4-2/h12-15H,3-11,17H2,1-2H3. The lowest BCUT2D eigenvalue weighted by Crippen LogP contribution is -2.51. The molecule has 2 aliphatic rings. The molecule has 3 atom stereocenters. The summed E-state index contributed by atoms with van der Waals surface area (Å²) in [6.07, 6.45) is 6.51. The van der Waals surface area contributed by atoms with Crippen molar-refractivity contribution in [2.75, 3.05) is 19.7 Å². The molecule has 3 unspecified atom stereocenters. The molecule has 1 saturated carbocycles. The summed E-state index contributed by atoms with van der Waals surface area (Å²) >= 11 is 0. The maximum Gasteiger partial charge on any atom is 0.305 e. The van der Waals surface area contributed by atoms with E-state index in [0.29, 0.717) is 25.0 Å². The zero-order chi connectivity index (χ0) is 14.5. The van der Waals surface area contributed by atoms with Crippen molar-refractivity contribution in [3.05, 3.63) is 0 Å². The largest absolute Gasteiger partial charge is 0.466 e. The lowest BCUT2D eigenvalue weighted by molar-refractivity contribution is -0.143. The van der Waals surface area contributed by atoms with Crippen LogP contribution in [0, 0.1) is 11.8 Å². The number of esters is 1. The minimum Gasteiger partial charge on any atom is -0.466 e. The molecule has 0 radical (unpaired) electrons. The van der Waals surface area contributed by atoms with Gasteiger partial charge in [-0.1, -0.05) is 6.92 Å². The number of nitrogens with zero attached hydrogens (tertiary/aromatic N) is 1. The van der Waals surface area contributed by atoms with E-state index in [4.69, 9.17) is 10.5 Å². The van der Waals surface area contributed by atoms with E-state index in [1.165, 1.54) is 19.3 Å². The van der Waals surface area contributed by atoms with Gasteiger partial charge in [0.15, 0.2) is 0 Å². The lowest BCUT2D eigenvalue weighted by atomic mass is 9.89. The van der Waals surface area contributed by atoms with Crippen molar-refractivity contribution in [2.45, 2.75) is 64.5 Å². The van der Waals surface area contributed by atoms with Gasteiger partial charge >= 0.3 is 5.97 Å². The van der Waals surface area contributed by atoms with Crippen molar-refractivity contribution in [1.29, 1.82) is 0 Å². The predicted molar refractivity (Wildman–Crippen MR) is 80.3 cm³/mol. The molecule has 0 aromatic heterocycles. The smallest absolute Gasteiger partial charge is 0.305 e. The van der Waals surface area contributed by atoms with Gasteiger partial charge in [-0.25, -0.2) is 0 Å². The summed E-state index contributed by atoms with van der Waals surface area (Å²) in [7, 11) is 0. The van der Waals surface area contributed by atoms with Crippen LogP contribution in [-0.4, -0.2) is 42.6 Å². The van der Waals surface area contributed by atoms with E-state index in [1.807, 2.05) is 6.92 Å². The Bertz CT molecular complexity index is 318. The highest BCUT2D eigenvalue weighted by atomic mass is 16.5. The second kappa shape index (κ2) is 7.41. The average Bonchev–Trinajstić information content (AvgIpc) is 3.22. The minimum absolute atomic E-state index is 0.0626. The predicted octanol–water partition coefficient (Wildman–Crippen LogP) is 2.17. The molecule has 0 spiro atoms. The van der Waals surface area contributed by atoms with Crippen LogP contribution < -0.4 is 5.73 Å². The van der Waals surface area contributed by atoms with Crippen molar-refractivity contribution >= 4 is 5.97 Å². The van der Waals surface area contributed by atoms with Gasteiger partial charge in [0.25, 0.3) is 0 Å². The summed E-state index contributed by atoms with van der Waals surface area (Å²) < 4.78 is 5.02. The van der Waals surface area contributed by atoms with Gasteiger partial charge in [-0.3, -0.25) is 9.69 Å². The molecule has 0 amide bonds. The van der Waals surface area contributed by atoms with Crippen molar-refractivity contribution in [1.82, 2.24) is 4.90 Å². The molecule has 1 aliphatic carbocycles. The fraction of sp³-hybridized carbons (Fsp3) is 0.938. The van der Waals surface area contributed by atoms with Gasteiger partial charge in [0.05, 0.1) is 6.61 Å². The Hall–Kier alpha value is -0.610. The highest BCUT2D eigenvalue weighted by Gasteiger charge is 2.37. The van der Waals surface area contributed by atoms with Crippen LogP contribution in [0.1, 0.15) is 52.4 Å². The number of piperidine rings is 1. The number of hydrogen-bond donors (Lipinski definition) is 1. The highest BCUT2D eigenvalue weighted by Crippen LogP contribution is 2.38. The van der Waals surface area contributed by atoms with Crippen molar-refractivity contribution in [2.24, 2.45) is 17.6 Å². The maximum atomic E-state index is 11.5. The molecule has 4 heteroatoms. The Morgan fingerprint density at radius 2 is 2.10 bits per heavy atom. The third kappa shape index (κ3) is 4.45. The van der Waals surface area contributed by atoms with E-state index in [2.05, 4.69) is 11.8 Å². The molecule has 1 aliphatic heterocycles. The molecule has 0 aromatic carbocycles. The molecule has 2 fully saturated rings. The van der Waals surface area contributed by atoms with Crippen LogP contribution in [0.4, 0.5) is 0 Å². The van der Waals surface area contributed by atoms with E-state index in [1.54, 1.807) is 0 Å². The van der Waals surface area contributed by atoms with E-state index in [-0.39, 0.29) is 12.0 Å². The summed E-state index contributed by atoms with van der Waals surface area (Å²) in [5, 5.41) is 0. The fourth-order valence-corrected chi connectivity index (χ4v) is 3.69. The normalized spacial score (nSPS) is 29.1. The van der Waals surface area contributed by atoms with Gasteiger partial charge in [0.1, 0.15) is 0 Å². The Kier molecular flexibility index (Phi) is 5.85. The van der Waals surface area contributed by atoms with Crippen LogP contribution in [0.25, 0.3) is 0 Å². The summed E-state index contributed by atoms with van der Waals surface area (Å²) in [6, 6.07) is 0.982. The van der Waals surface area contributed by atoms with Crippen LogP contribution in [-0.2, 0) is 9.53 Å². The Labute approximate surface area is 123 Å². The van der Waals surface area contributed by atoms with Crippen molar-refractivity contribution in [3.8, 4) is 0 Å². The van der Waals surface area contributed by atoms with Crippen LogP contribution in [0.3, 0.4) is 0 Å². The number of rotatable bonds is 7. The molecule has 4 nitrogen and oxygen atoms in total. The van der Waals surface area contributed by atoms with Crippen LogP contribution in [0.15, 0.2) is 0 Å². The van der Waals surface area contributed by atoms with Crippen LogP contribution in [0.5, 0.6) is 0 Å². The summed E-state index contributed by atoms with van der Waals surface area (Å²) in [4.78, 5) is 14.1. The van der Waals surface area contributed by atoms with E-state index in [0.717, 1.165) is 31.8 Å². The highest BCUT2D eigenvalue weighted by molar-refractivity contribution is 5.69. The second-order valence-corrected chi connectivity index (χ2v) is 6.47. The second-order valence-electron chi connectivity index (χ2n) is 6.47. The third-order valence-corrected chi connectivity index (χ3v) is 4.71. The number of ether oxygens (including phenoxy) is 1. The summed E-state index contributed by atoms with van der Waals surface area (Å²) in [5.74, 6) is 1.39. The van der Waals surface area contributed by atoms with Gasteiger partial charge in [-0.15, -0.1) is 0 Å². The Morgan fingerprint density at radius 1 is 1.35 bits per heavy atom. The van der Waals surface area contributed by atoms with E-state index < -0.39 is 0 Å². The number of likely N-dealkylation sites (tertiary alicyclic amines) is 1. The lowest BCUT2D eigenvalue weighted by Gasteiger charge is -2.41. The molecule has 0 aromatic rings. The van der Waals surface area contributed by atoms with E-state index >= 15 is 0 Å². The third-order valence-electron chi connectivity index (χ3n) is 4.71. The zero-order valence-electron chi connectivity index (χ0n) is 13.0. The fourth-order valence-electron chi connectivity index (χ4n) is 3.69. The SMILES string of the molecule is CCOC(=O)CCC1CC(N)CN(C(CC)C2CC2)C1. The first-order valence-corrected chi connectivity index (χ1v) is 8.29. The first-order valence-electron chi connectivity index (χ1n) is 8.29. The molecule has 2 rings (SSSR count). The number of carbonyl (C=O) groups is 1. The molecule has 20 heavy (non-hydrogen) atoms. The van der Waals surface area contributed by atoms with Gasteiger partial charge in [0, 0.05) is 31.6 Å². The van der Waals surface area contributed by atoms with E-state index in [9.17, 15) is 4.79 Å². The maximum absolute atomic E-state index is 11.5. The first-order chi connectivity index (χ1) is 9.63. The van der Waals surface area contributed by atoms with Gasteiger partial charge in [-0.05, 0) is 50.9 Å². The summed E-state index contributed by atoms with van der Waals surface area (Å²) in [5.41, 5.74) is 6.24. The van der Waals surface area contributed by atoms with Crippen LogP contribution >= 0.6 is 0 Å².